The van der Waals surface area contributed by atoms with Crippen LogP contribution in [0.25, 0.3) is 0 Å². The van der Waals surface area contributed by atoms with Crippen molar-refractivity contribution in [2.24, 2.45) is 13.0 Å². The van der Waals surface area contributed by atoms with Gasteiger partial charge in [0.05, 0.1) is 11.6 Å². The highest BCUT2D eigenvalue weighted by Crippen LogP contribution is 2.28. The first-order chi connectivity index (χ1) is 14.5. The van der Waals surface area contributed by atoms with Gasteiger partial charge in [0.2, 0.25) is 11.8 Å². The lowest BCUT2D eigenvalue weighted by Gasteiger charge is -2.21. The highest BCUT2D eigenvalue weighted by Gasteiger charge is 2.37. The molecule has 1 aliphatic heterocycles. The van der Waals surface area contributed by atoms with Gasteiger partial charge in [-0.15, -0.1) is 10.2 Å². The van der Waals surface area contributed by atoms with E-state index in [4.69, 9.17) is 0 Å². The topological polar surface area (TPSA) is 80.1 Å². The first-order valence-corrected chi connectivity index (χ1v) is 9.72. The van der Waals surface area contributed by atoms with Gasteiger partial charge in [0.1, 0.15) is 17.7 Å². The maximum atomic E-state index is 14.1. The number of aromatic nitrogens is 3. The van der Waals surface area contributed by atoms with E-state index in [1.807, 2.05) is 48.9 Å². The van der Waals surface area contributed by atoms with E-state index in [9.17, 15) is 14.0 Å². The van der Waals surface area contributed by atoms with E-state index in [-0.39, 0.29) is 30.5 Å². The Morgan fingerprint density at radius 1 is 1.13 bits per heavy atom. The zero-order valence-electron chi connectivity index (χ0n) is 16.7. The van der Waals surface area contributed by atoms with Crippen LogP contribution in [-0.2, 0) is 16.6 Å². The molecule has 1 fully saturated rings. The second-order valence-corrected chi connectivity index (χ2v) is 7.37. The number of benzene rings is 2. The number of carbonyl (C=O) groups is 2. The van der Waals surface area contributed by atoms with Crippen molar-refractivity contribution in [3.8, 4) is 0 Å². The Morgan fingerprint density at radius 3 is 2.50 bits per heavy atom. The lowest BCUT2D eigenvalue weighted by atomic mass is 10.0. The summed E-state index contributed by atoms with van der Waals surface area (Å²) in [5.74, 6) is -0.298. The Balaban J connectivity index is 1.57. The maximum absolute atomic E-state index is 14.1. The van der Waals surface area contributed by atoms with Crippen LogP contribution < -0.4 is 10.2 Å². The SMILES string of the molecule is Cc1nnc([C@H](NC(=O)[C@@H]2CC(=O)N(c3ccccc3F)C2)c2ccccc2)n1C. The monoisotopic (exact) mass is 407 g/mol. The molecule has 8 heteroatoms. The highest BCUT2D eigenvalue weighted by atomic mass is 19.1. The van der Waals surface area contributed by atoms with Crippen LogP contribution in [0.2, 0.25) is 0 Å². The zero-order chi connectivity index (χ0) is 21.3. The largest absolute Gasteiger partial charge is 0.342 e. The number of halogens is 1. The van der Waals surface area contributed by atoms with E-state index < -0.39 is 17.8 Å². The van der Waals surface area contributed by atoms with Gasteiger partial charge in [0, 0.05) is 20.0 Å². The predicted molar refractivity (Wildman–Crippen MR) is 109 cm³/mol. The van der Waals surface area contributed by atoms with Crippen molar-refractivity contribution in [2.45, 2.75) is 19.4 Å². The van der Waals surface area contributed by atoms with Gasteiger partial charge in [-0.1, -0.05) is 42.5 Å². The second kappa shape index (κ2) is 8.06. The Labute approximate surface area is 173 Å². The number of carbonyl (C=O) groups excluding carboxylic acids is 2. The van der Waals surface area contributed by atoms with Crippen LogP contribution in [0.3, 0.4) is 0 Å². The summed E-state index contributed by atoms with van der Waals surface area (Å²) in [5, 5.41) is 11.3. The molecule has 2 heterocycles. The molecule has 2 amide bonds. The van der Waals surface area contributed by atoms with Crippen molar-refractivity contribution in [3.63, 3.8) is 0 Å². The summed E-state index contributed by atoms with van der Waals surface area (Å²) in [7, 11) is 1.84. The molecule has 7 nitrogen and oxygen atoms in total. The van der Waals surface area contributed by atoms with E-state index in [1.165, 1.54) is 11.0 Å². The van der Waals surface area contributed by atoms with E-state index in [1.54, 1.807) is 18.2 Å². The van der Waals surface area contributed by atoms with Crippen LogP contribution in [0.1, 0.15) is 29.7 Å². The number of nitrogens with zero attached hydrogens (tertiary/aromatic N) is 4. The molecule has 30 heavy (non-hydrogen) atoms. The third-order valence-electron chi connectivity index (χ3n) is 5.44. The van der Waals surface area contributed by atoms with Crippen molar-refractivity contribution < 1.29 is 14.0 Å². The van der Waals surface area contributed by atoms with Gasteiger partial charge >= 0.3 is 0 Å². The highest BCUT2D eigenvalue weighted by molar-refractivity contribution is 6.00. The summed E-state index contributed by atoms with van der Waals surface area (Å²) in [6, 6.07) is 15.0. The molecule has 0 aliphatic carbocycles. The standard InChI is InChI=1S/C22H22FN5O2/c1-14-25-26-21(27(14)2)20(15-8-4-3-5-9-15)24-22(30)16-12-19(29)28(13-16)18-11-7-6-10-17(18)23/h3-11,16,20H,12-13H2,1-2H3,(H,24,30)/t16-,20-/m1/s1. The molecule has 0 saturated carbocycles. The quantitative estimate of drug-likeness (QED) is 0.705. The molecule has 154 valence electrons. The molecule has 2 atom stereocenters. The normalized spacial score (nSPS) is 17.2. The summed E-state index contributed by atoms with van der Waals surface area (Å²) < 4.78 is 16.0. The second-order valence-electron chi connectivity index (χ2n) is 7.37. The van der Waals surface area contributed by atoms with Crippen molar-refractivity contribution in [2.75, 3.05) is 11.4 Å². The van der Waals surface area contributed by atoms with Gasteiger partial charge in [0.25, 0.3) is 0 Å². The minimum absolute atomic E-state index is 0.0273. The van der Waals surface area contributed by atoms with Crippen LogP contribution in [-0.4, -0.2) is 33.1 Å². The molecule has 1 saturated heterocycles. The maximum Gasteiger partial charge on any atom is 0.227 e. The third kappa shape index (κ3) is 3.68. The molecule has 2 aromatic carbocycles. The van der Waals surface area contributed by atoms with Crippen LogP contribution in [0.4, 0.5) is 10.1 Å². The van der Waals surface area contributed by atoms with Gasteiger partial charge < -0.3 is 14.8 Å². The van der Waals surface area contributed by atoms with E-state index >= 15 is 0 Å². The molecule has 3 aromatic rings. The summed E-state index contributed by atoms with van der Waals surface area (Å²) >= 11 is 0. The summed E-state index contributed by atoms with van der Waals surface area (Å²) in [5.41, 5.74) is 1.05. The molecule has 0 bridgehead atoms. The number of rotatable bonds is 5. The summed E-state index contributed by atoms with van der Waals surface area (Å²) in [4.78, 5) is 26.9. The predicted octanol–water partition coefficient (Wildman–Crippen LogP) is 2.52. The van der Waals surface area contributed by atoms with Crippen LogP contribution in [0.15, 0.2) is 54.6 Å². The van der Waals surface area contributed by atoms with Crippen LogP contribution in [0, 0.1) is 18.7 Å². The minimum Gasteiger partial charge on any atom is -0.342 e. The number of amides is 2. The Morgan fingerprint density at radius 2 is 1.83 bits per heavy atom. The zero-order valence-corrected chi connectivity index (χ0v) is 16.7. The van der Waals surface area contributed by atoms with Crippen molar-refractivity contribution >= 4 is 17.5 Å². The summed E-state index contributed by atoms with van der Waals surface area (Å²) in [6.45, 7) is 1.97. The smallest absolute Gasteiger partial charge is 0.227 e. The molecule has 1 aliphatic rings. The number of hydrogen-bond donors (Lipinski definition) is 1. The molecule has 0 radical (unpaired) electrons. The number of anilines is 1. The average molecular weight is 407 g/mol. The minimum atomic E-state index is -0.586. The average Bonchev–Trinajstić information content (AvgIpc) is 3.30. The van der Waals surface area contributed by atoms with Crippen molar-refractivity contribution in [1.82, 2.24) is 20.1 Å². The number of hydrogen-bond acceptors (Lipinski definition) is 4. The number of para-hydroxylation sites is 1. The molecule has 0 unspecified atom stereocenters. The van der Waals surface area contributed by atoms with Crippen molar-refractivity contribution in [1.29, 1.82) is 0 Å². The fraction of sp³-hybridized carbons (Fsp3) is 0.273. The summed E-state index contributed by atoms with van der Waals surface area (Å²) in [6.07, 6.45) is 0.0273. The molecular formula is C22H22FN5O2. The Hall–Kier alpha value is -3.55. The van der Waals surface area contributed by atoms with Gasteiger partial charge in [-0.2, -0.15) is 0 Å². The lowest BCUT2D eigenvalue weighted by molar-refractivity contribution is -0.126. The van der Waals surface area contributed by atoms with E-state index in [2.05, 4.69) is 15.5 Å². The van der Waals surface area contributed by atoms with Gasteiger partial charge in [-0.05, 0) is 24.6 Å². The lowest BCUT2D eigenvalue weighted by Crippen LogP contribution is -2.37. The first kappa shape index (κ1) is 19.8. The molecular weight excluding hydrogens is 385 g/mol. The van der Waals surface area contributed by atoms with Crippen molar-refractivity contribution in [3.05, 3.63) is 77.6 Å². The fourth-order valence-corrected chi connectivity index (χ4v) is 3.66. The molecule has 1 N–H and O–H groups in total. The Kier molecular flexibility index (Phi) is 5.31. The molecule has 0 spiro atoms. The van der Waals surface area contributed by atoms with Crippen LogP contribution in [0.5, 0.6) is 0 Å². The number of aryl methyl sites for hydroxylation is 1. The third-order valence-corrected chi connectivity index (χ3v) is 5.44. The van der Waals surface area contributed by atoms with E-state index in [0.29, 0.717) is 5.82 Å². The fourth-order valence-electron chi connectivity index (χ4n) is 3.66. The van der Waals surface area contributed by atoms with Gasteiger partial charge in [-0.3, -0.25) is 9.59 Å². The first-order valence-electron chi connectivity index (χ1n) is 9.72. The van der Waals surface area contributed by atoms with Gasteiger partial charge in [-0.25, -0.2) is 4.39 Å². The molecule has 4 rings (SSSR count). The Bertz CT molecular complexity index is 1080. The molecule has 1 aromatic heterocycles. The van der Waals surface area contributed by atoms with Crippen LogP contribution >= 0.6 is 0 Å². The number of nitrogens with one attached hydrogen (secondary N) is 1. The van der Waals surface area contributed by atoms with Gasteiger partial charge in [0.15, 0.2) is 5.82 Å². The van der Waals surface area contributed by atoms with E-state index in [0.717, 1.165) is 11.4 Å².